The van der Waals surface area contributed by atoms with E-state index in [0.29, 0.717) is 13.0 Å². The molecule has 0 saturated heterocycles. The third-order valence-electron chi connectivity index (χ3n) is 2.36. The van der Waals surface area contributed by atoms with Crippen LogP contribution in [-0.4, -0.2) is 30.0 Å². The van der Waals surface area contributed by atoms with Gasteiger partial charge in [-0.3, -0.25) is 0 Å². The van der Waals surface area contributed by atoms with Crippen LogP contribution in [0.4, 0.5) is 4.79 Å². The molecule has 2 N–H and O–H groups in total. The zero-order valence-corrected chi connectivity index (χ0v) is 9.11. The molecule has 1 aliphatic rings. The standard InChI is InChI=1S/C11H19NO3/c1-2-12-11(14)15-10-7-3-5-9(13)6-4-8-10/h3,7,9-10,13H,2,4-6,8H2,1H3,(H,12,14)/b7-3+. The van der Waals surface area contributed by atoms with Crippen LogP contribution in [0.15, 0.2) is 12.2 Å². The van der Waals surface area contributed by atoms with E-state index < -0.39 is 0 Å². The molecule has 0 spiro atoms. The molecule has 15 heavy (non-hydrogen) atoms. The molecule has 0 saturated carbocycles. The Hall–Kier alpha value is -1.03. The highest BCUT2D eigenvalue weighted by molar-refractivity contribution is 5.67. The molecule has 0 aliphatic heterocycles. The van der Waals surface area contributed by atoms with Gasteiger partial charge in [-0.2, -0.15) is 0 Å². The maximum absolute atomic E-state index is 11.2. The fourth-order valence-electron chi connectivity index (χ4n) is 1.58. The summed E-state index contributed by atoms with van der Waals surface area (Å²) in [4.78, 5) is 11.2. The molecular formula is C11H19NO3. The lowest BCUT2D eigenvalue weighted by Gasteiger charge is -2.18. The number of carbonyl (C=O) groups excluding carboxylic acids is 1. The van der Waals surface area contributed by atoms with Gasteiger partial charge in [0, 0.05) is 6.54 Å². The van der Waals surface area contributed by atoms with Gasteiger partial charge in [-0.25, -0.2) is 4.79 Å². The van der Waals surface area contributed by atoms with Crippen molar-refractivity contribution < 1.29 is 14.6 Å². The Balaban J connectivity index is 2.37. The van der Waals surface area contributed by atoms with E-state index in [1.165, 1.54) is 0 Å². The molecule has 0 aromatic carbocycles. The number of hydrogen-bond acceptors (Lipinski definition) is 3. The van der Waals surface area contributed by atoms with Crippen LogP contribution in [0.1, 0.15) is 32.6 Å². The van der Waals surface area contributed by atoms with Crippen LogP contribution in [0.2, 0.25) is 0 Å². The fourth-order valence-corrected chi connectivity index (χ4v) is 1.58. The smallest absolute Gasteiger partial charge is 0.407 e. The van der Waals surface area contributed by atoms with E-state index in [-0.39, 0.29) is 18.3 Å². The summed E-state index contributed by atoms with van der Waals surface area (Å²) in [6.45, 7) is 2.43. The van der Waals surface area contributed by atoms with Gasteiger partial charge in [0.1, 0.15) is 6.10 Å². The average Bonchev–Trinajstić information content (AvgIpc) is 2.14. The van der Waals surface area contributed by atoms with Gasteiger partial charge in [0.25, 0.3) is 0 Å². The zero-order valence-electron chi connectivity index (χ0n) is 9.11. The van der Waals surface area contributed by atoms with Crippen molar-refractivity contribution in [1.29, 1.82) is 0 Å². The molecule has 2 atom stereocenters. The van der Waals surface area contributed by atoms with Crippen molar-refractivity contribution in [3.05, 3.63) is 12.2 Å². The normalized spacial score (nSPS) is 28.7. The van der Waals surface area contributed by atoms with E-state index in [1.807, 2.05) is 19.1 Å². The Morgan fingerprint density at radius 3 is 3.13 bits per heavy atom. The highest BCUT2D eigenvalue weighted by Gasteiger charge is 2.14. The summed E-state index contributed by atoms with van der Waals surface area (Å²) in [5.74, 6) is 0. The number of aliphatic hydroxyl groups is 1. The molecule has 0 fully saturated rings. The highest BCUT2D eigenvalue weighted by Crippen LogP contribution is 2.14. The second-order valence-corrected chi connectivity index (χ2v) is 3.72. The minimum absolute atomic E-state index is 0.149. The Bertz CT molecular complexity index is 228. The SMILES string of the molecule is CCNC(=O)OC1/C=C/CC(O)CCC1. The third kappa shape index (κ3) is 4.83. The van der Waals surface area contributed by atoms with Gasteiger partial charge in [0.2, 0.25) is 0 Å². The topological polar surface area (TPSA) is 58.6 Å². The molecule has 86 valence electrons. The van der Waals surface area contributed by atoms with E-state index in [2.05, 4.69) is 5.32 Å². The molecular weight excluding hydrogens is 194 g/mol. The first kappa shape index (κ1) is 12.0. The Morgan fingerprint density at radius 1 is 1.60 bits per heavy atom. The molecule has 0 aromatic heterocycles. The van der Waals surface area contributed by atoms with Crippen LogP contribution in [0.3, 0.4) is 0 Å². The molecule has 0 heterocycles. The minimum Gasteiger partial charge on any atom is -0.442 e. The summed E-state index contributed by atoms with van der Waals surface area (Å²) in [7, 11) is 0. The summed E-state index contributed by atoms with van der Waals surface area (Å²) in [5, 5.41) is 12.0. The molecule has 0 bridgehead atoms. The Kier molecular flexibility index (Phi) is 5.18. The summed E-state index contributed by atoms with van der Waals surface area (Å²) in [6, 6.07) is 0. The van der Waals surface area contributed by atoms with Gasteiger partial charge >= 0.3 is 6.09 Å². The van der Waals surface area contributed by atoms with Gasteiger partial charge in [0.15, 0.2) is 0 Å². The number of rotatable bonds is 2. The van der Waals surface area contributed by atoms with Crippen LogP contribution < -0.4 is 5.32 Å². The van der Waals surface area contributed by atoms with Crippen molar-refractivity contribution >= 4 is 6.09 Å². The van der Waals surface area contributed by atoms with Crippen LogP contribution in [0, 0.1) is 0 Å². The maximum Gasteiger partial charge on any atom is 0.407 e. The molecule has 0 aromatic rings. The highest BCUT2D eigenvalue weighted by atomic mass is 16.6. The molecule has 4 nitrogen and oxygen atoms in total. The fraction of sp³-hybridized carbons (Fsp3) is 0.727. The lowest BCUT2D eigenvalue weighted by molar-refractivity contribution is 0.105. The van der Waals surface area contributed by atoms with Crippen molar-refractivity contribution in [3.63, 3.8) is 0 Å². The zero-order chi connectivity index (χ0) is 11.1. The van der Waals surface area contributed by atoms with Gasteiger partial charge in [-0.1, -0.05) is 6.08 Å². The summed E-state index contributed by atoms with van der Waals surface area (Å²) in [6.07, 6.45) is 6.07. The number of nitrogens with one attached hydrogen (secondary N) is 1. The first-order chi connectivity index (χ1) is 7.22. The number of alkyl carbamates (subject to hydrolysis) is 1. The Morgan fingerprint density at radius 2 is 2.40 bits per heavy atom. The van der Waals surface area contributed by atoms with Crippen LogP contribution in [0.25, 0.3) is 0 Å². The van der Waals surface area contributed by atoms with Crippen LogP contribution in [0.5, 0.6) is 0 Å². The summed E-state index contributed by atoms with van der Waals surface area (Å²) < 4.78 is 5.18. The number of aliphatic hydroxyl groups excluding tert-OH is 1. The van der Waals surface area contributed by atoms with Crippen molar-refractivity contribution in [2.45, 2.75) is 44.8 Å². The third-order valence-corrected chi connectivity index (χ3v) is 2.36. The van der Waals surface area contributed by atoms with Crippen LogP contribution >= 0.6 is 0 Å². The number of carbonyl (C=O) groups is 1. The quantitative estimate of drug-likeness (QED) is 0.685. The van der Waals surface area contributed by atoms with Crippen molar-refractivity contribution in [3.8, 4) is 0 Å². The van der Waals surface area contributed by atoms with E-state index in [1.54, 1.807) is 0 Å². The van der Waals surface area contributed by atoms with E-state index in [9.17, 15) is 9.90 Å². The summed E-state index contributed by atoms with van der Waals surface area (Å²) in [5.41, 5.74) is 0. The molecule has 4 heteroatoms. The lowest BCUT2D eigenvalue weighted by atomic mass is 10.0. The van der Waals surface area contributed by atoms with Crippen molar-refractivity contribution in [2.75, 3.05) is 6.54 Å². The van der Waals surface area contributed by atoms with Gasteiger partial charge in [-0.15, -0.1) is 0 Å². The maximum atomic E-state index is 11.2. The second kappa shape index (κ2) is 6.45. The lowest BCUT2D eigenvalue weighted by Crippen LogP contribution is -2.28. The monoisotopic (exact) mass is 213 g/mol. The van der Waals surface area contributed by atoms with Crippen LogP contribution in [-0.2, 0) is 4.74 Å². The summed E-state index contributed by atoms with van der Waals surface area (Å²) >= 11 is 0. The predicted octanol–water partition coefficient (Wildman–Crippen LogP) is 1.59. The molecule has 2 unspecified atom stereocenters. The number of ether oxygens (including phenoxy) is 1. The second-order valence-electron chi connectivity index (χ2n) is 3.72. The largest absolute Gasteiger partial charge is 0.442 e. The molecule has 1 rings (SSSR count). The predicted molar refractivity (Wildman–Crippen MR) is 57.6 cm³/mol. The van der Waals surface area contributed by atoms with E-state index in [4.69, 9.17) is 4.74 Å². The molecule has 1 amide bonds. The molecule has 0 radical (unpaired) electrons. The van der Waals surface area contributed by atoms with Gasteiger partial charge in [-0.05, 0) is 38.7 Å². The van der Waals surface area contributed by atoms with Crippen molar-refractivity contribution in [2.24, 2.45) is 0 Å². The average molecular weight is 213 g/mol. The van der Waals surface area contributed by atoms with E-state index >= 15 is 0 Å². The molecule has 1 aliphatic carbocycles. The van der Waals surface area contributed by atoms with E-state index in [0.717, 1.165) is 19.3 Å². The number of hydrogen-bond donors (Lipinski definition) is 2. The van der Waals surface area contributed by atoms with Crippen molar-refractivity contribution in [1.82, 2.24) is 5.32 Å². The Labute approximate surface area is 90.3 Å². The van der Waals surface area contributed by atoms with Gasteiger partial charge < -0.3 is 15.2 Å². The first-order valence-electron chi connectivity index (χ1n) is 5.51. The first-order valence-corrected chi connectivity index (χ1v) is 5.51. The minimum atomic E-state index is -0.367. The number of amides is 1. The van der Waals surface area contributed by atoms with Gasteiger partial charge in [0.05, 0.1) is 6.10 Å².